The van der Waals surface area contributed by atoms with E-state index < -0.39 is 0 Å². The van der Waals surface area contributed by atoms with Crippen LogP contribution in [0.3, 0.4) is 0 Å². The molecule has 0 aliphatic heterocycles. The summed E-state index contributed by atoms with van der Waals surface area (Å²) in [5, 5.41) is 0. The lowest BCUT2D eigenvalue weighted by atomic mass is 10.2. The average molecular weight is 407 g/mol. The number of hydrogen-bond acceptors (Lipinski definition) is 8. The van der Waals surface area contributed by atoms with Gasteiger partial charge in [0.25, 0.3) is 0 Å². The molecule has 0 rings (SSSR count). The predicted molar refractivity (Wildman–Crippen MR) is 104 cm³/mol. The molecule has 28 heavy (non-hydrogen) atoms. The fourth-order valence-electron chi connectivity index (χ4n) is 1.98. The lowest BCUT2D eigenvalue weighted by Crippen LogP contribution is -2.15. The van der Waals surface area contributed by atoms with E-state index in [2.05, 4.69) is 0 Å². The largest absolute Gasteiger partial charge is 0.463 e. The molecule has 0 aliphatic carbocycles. The van der Waals surface area contributed by atoms with Crippen LogP contribution in [0.1, 0.15) is 52.4 Å². The van der Waals surface area contributed by atoms with Gasteiger partial charge in [-0.05, 0) is 12.8 Å². The highest BCUT2D eigenvalue weighted by Crippen LogP contribution is 1.97. The van der Waals surface area contributed by atoms with E-state index in [1.807, 2.05) is 13.8 Å². The van der Waals surface area contributed by atoms with Gasteiger partial charge in [-0.2, -0.15) is 0 Å². The highest BCUT2D eigenvalue weighted by atomic mass is 16.6. The Balaban J connectivity index is 3.12. The first kappa shape index (κ1) is 26.8. The minimum atomic E-state index is -0.171. The Morgan fingerprint density at radius 2 is 0.786 bits per heavy atom. The Labute approximate surface area is 169 Å². The quantitative estimate of drug-likeness (QED) is 0.212. The van der Waals surface area contributed by atoms with Gasteiger partial charge < -0.3 is 28.4 Å². The van der Waals surface area contributed by atoms with Gasteiger partial charge in [0, 0.05) is 12.8 Å². The van der Waals surface area contributed by atoms with Crippen LogP contribution in [-0.4, -0.2) is 78.0 Å². The van der Waals surface area contributed by atoms with Gasteiger partial charge in [0.05, 0.1) is 52.9 Å². The van der Waals surface area contributed by atoms with E-state index in [0.29, 0.717) is 65.7 Å². The second-order valence-corrected chi connectivity index (χ2v) is 6.10. The third kappa shape index (κ3) is 21.1. The van der Waals surface area contributed by atoms with E-state index in [4.69, 9.17) is 28.4 Å². The van der Waals surface area contributed by atoms with Crippen molar-refractivity contribution in [2.45, 2.75) is 52.4 Å². The zero-order valence-corrected chi connectivity index (χ0v) is 17.6. The normalized spacial score (nSPS) is 10.8. The molecule has 0 atom stereocenters. The van der Waals surface area contributed by atoms with Gasteiger partial charge in [-0.3, -0.25) is 9.59 Å². The van der Waals surface area contributed by atoms with E-state index in [1.165, 1.54) is 0 Å². The van der Waals surface area contributed by atoms with Crippen LogP contribution < -0.4 is 0 Å². The van der Waals surface area contributed by atoms with Gasteiger partial charge >= 0.3 is 11.9 Å². The van der Waals surface area contributed by atoms with E-state index in [0.717, 1.165) is 25.7 Å². The molecular weight excluding hydrogens is 368 g/mol. The molecule has 0 saturated carbocycles. The van der Waals surface area contributed by atoms with Crippen LogP contribution in [0, 0.1) is 0 Å². The number of ether oxygens (including phenoxy) is 6. The summed E-state index contributed by atoms with van der Waals surface area (Å²) in [7, 11) is 0. The van der Waals surface area contributed by atoms with E-state index >= 15 is 0 Å². The van der Waals surface area contributed by atoms with Gasteiger partial charge in [0.2, 0.25) is 0 Å². The van der Waals surface area contributed by atoms with Crippen LogP contribution in [0.5, 0.6) is 0 Å². The minimum Gasteiger partial charge on any atom is -0.463 e. The van der Waals surface area contributed by atoms with Crippen LogP contribution in [0.15, 0.2) is 0 Å². The Bertz CT molecular complexity index is 328. The van der Waals surface area contributed by atoms with Crippen molar-refractivity contribution in [3.05, 3.63) is 0 Å². The van der Waals surface area contributed by atoms with Gasteiger partial charge in [-0.15, -0.1) is 0 Å². The summed E-state index contributed by atoms with van der Waals surface area (Å²) in [6.07, 6.45) is 4.62. The summed E-state index contributed by atoms with van der Waals surface area (Å²) in [6, 6.07) is 0. The third-order valence-electron chi connectivity index (χ3n) is 3.57. The number of esters is 2. The average Bonchev–Trinajstić information content (AvgIpc) is 2.70. The van der Waals surface area contributed by atoms with Crippen LogP contribution in [0.25, 0.3) is 0 Å². The van der Waals surface area contributed by atoms with Gasteiger partial charge in [-0.25, -0.2) is 0 Å². The zero-order chi connectivity index (χ0) is 20.7. The molecule has 0 spiro atoms. The summed E-state index contributed by atoms with van der Waals surface area (Å²) in [5.74, 6) is -0.341. The molecule has 0 aliphatic rings. The molecule has 0 amide bonds. The maximum Gasteiger partial charge on any atom is 0.305 e. The molecule has 0 bridgehead atoms. The molecule has 0 heterocycles. The Hall–Kier alpha value is -1.22. The lowest BCUT2D eigenvalue weighted by molar-refractivity contribution is -0.146. The van der Waals surface area contributed by atoms with Crippen molar-refractivity contribution < 1.29 is 38.0 Å². The highest BCUT2D eigenvalue weighted by molar-refractivity contribution is 5.69. The molecular formula is C20H38O8. The van der Waals surface area contributed by atoms with Gasteiger partial charge in [0.1, 0.15) is 13.2 Å². The first-order valence-electron chi connectivity index (χ1n) is 10.3. The standard InChI is InChI=1S/C20H38O8/c1-3-5-7-19(21)27-17-15-25-13-11-23-9-10-24-12-14-26-16-18-28-20(22)8-6-4-2/h3-18H2,1-2H3. The molecule has 0 radical (unpaired) electrons. The number of carbonyl (C=O) groups excluding carboxylic acids is 2. The molecule has 8 nitrogen and oxygen atoms in total. The summed E-state index contributed by atoms with van der Waals surface area (Å²) in [5.41, 5.74) is 0. The first-order valence-corrected chi connectivity index (χ1v) is 10.3. The predicted octanol–water partition coefficient (Wildman–Crippen LogP) is 2.52. The fourth-order valence-corrected chi connectivity index (χ4v) is 1.98. The molecule has 0 N–H and O–H groups in total. The maximum atomic E-state index is 11.3. The van der Waals surface area contributed by atoms with Gasteiger partial charge in [-0.1, -0.05) is 26.7 Å². The van der Waals surface area contributed by atoms with E-state index in [9.17, 15) is 9.59 Å². The second kappa shape index (κ2) is 22.1. The molecule has 0 saturated heterocycles. The Morgan fingerprint density at radius 3 is 1.07 bits per heavy atom. The van der Waals surface area contributed by atoms with Crippen LogP contribution in [-0.2, 0) is 38.0 Å². The van der Waals surface area contributed by atoms with Crippen molar-refractivity contribution in [3.63, 3.8) is 0 Å². The summed E-state index contributed by atoms with van der Waals surface area (Å²) >= 11 is 0. The van der Waals surface area contributed by atoms with Crippen LogP contribution in [0.4, 0.5) is 0 Å². The lowest BCUT2D eigenvalue weighted by Gasteiger charge is -2.08. The van der Waals surface area contributed by atoms with Crippen molar-refractivity contribution in [2.75, 3.05) is 66.1 Å². The van der Waals surface area contributed by atoms with E-state index in [1.54, 1.807) is 0 Å². The number of unbranched alkanes of at least 4 members (excludes halogenated alkanes) is 2. The number of hydrogen-bond donors (Lipinski definition) is 0. The first-order chi connectivity index (χ1) is 13.7. The second-order valence-electron chi connectivity index (χ2n) is 6.10. The minimum absolute atomic E-state index is 0.171. The highest BCUT2D eigenvalue weighted by Gasteiger charge is 2.02. The Kier molecular flexibility index (Phi) is 21.1. The monoisotopic (exact) mass is 406 g/mol. The maximum absolute atomic E-state index is 11.3. The van der Waals surface area contributed by atoms with Crippen molar-refractivity contribution in [1.29, 1.82) is 0 Å². The SMILES string of the molecule is CCCCC(=O)OCCOCCOCCOCCOCCOC(=O)CCCC. The molecule has 0 aromatic heterocycles. The summed E-state index contributed by atoms with van der Waals surface area (Å²) in [4.78, 5) is 22.5. The smallest absolute Gasteiger partial charge is 0.305 e. The molecule has 166 valence electrons. The molecule has 0 aromatic rings. The fraction of sp³-hybridized carbons (Fsp3) is 0.900. The number of rotatable bonds is 21. The van der Waals surface area contributed by atoms with E-state index in [-0.39, 0.29) is 25.2 Å². The van der Waals surface area contributed by atoms with Crippen molar-refractivity contribution >= 4 is 11.9 Å². The molecule has 8 heteroatoms. The van der Waals surface area contributed by atoms with Crippen molar-refractivity contribution in [3.8, 4) is 0 Å². The molecule has 0 fully saturated rings. The van der Waals surface area contributed by atoms with Crippen molar-refractivity contribution in [1.82, 2.24) is 0 Å². The molecule has 0 unspecified atom stereocenters. The zero-order valence-electron chi connectivity index (χ0n) is 17.6. The summed E-state index contributed by atoms with van der Waals surface area (Å²) < 4.78 is 31.4. The van der Waals surface area contributed by atoms with Crippen LogP contribution >= 0.6 is 0 Å². The van der Waals surface area contributed by atoms with Gasteiger partial charge in [0.15, 0.2) is 0 Å². The van der Waals surface area contributed by atoms with Crippen LogP contribution in [0.2, 0.25) is 0 Å². The topological polar surface area (TPSA) is 89.5 Å². The third-order valence-corrected chi connectivity index (χ3v) is 3.57. The molecule has 0 aromatic carbocycles. The number of carbonyl (C=O) groups is 2. The Morgan fingerprint density at radius 1 is 0.500 bits per heavy atom. The van der Waals surface area contributed by atoms with Crippen molar-refractivity contribution in [2.24, 2.45) is 0 Å². The summed E-state index contributed by atoms with van der Waals surface area (Å²) in [6.45, 7) is 8.17.